The van der Waals surface area contributed by atoms with Gasteiger partial charge in [0.1, 0.15) is 30.2 Å². The lowest BCUT2D eigenvalue weighted by atomic mass is 10.1. The predicted octanol–water partition coefficient (Wildman–Crippen LogP) is 6.54. The Bertz CT molecular complexity index is 2300. The minimum absolute atomic E-state index is 0.270. The smallest absolute Gasteiger partial charge is 0.303 e. The van der Waals surface area contributed by atoms with E-state index in [0.29, 0.717) is 33.7 Å². The molecule has 0 saturated carbocycles. The Labute approximate surface area is 315 Å². The van der Waals surface area contributed by atoms with Gasteiger partial charge in [-0.15, -0.1) is 0 Å². The molecule has 1 unspecified atom stereocenters. The fourth-order valence-corrected chi connectivity index (χ4v) is 6.52. The van der Waals surface area contributed by atoms with Gasteiger partial charge in [0.25, 0.3) is 5.91 Å². The van der Waals surface area contributed by atoms with Gasteiger partial charge in [-0.3, -0.25) is 23.7 Å². The van der Waals surface area contributed by atoms with Gasteiger partial charge < -0.3 is 29.2 Å². The summed E-state index contributed by atoms with van der Waals surface area (Å²) >= 11 is 0. The summed E-state index contributed by atoms with van der Waals surface area (Å²) in [6.45, 7) is 3.40. The number of nitrogens with one attached hydrogen (secondary N) is 1. The second-order valence-electron chi connectivity index (χ2n) is 12.6. The number of hydrogen-bond donors (Lipinski definition) is 1. The number of fused-ring (bicyclic) bond motifs is 1. The Kier molecular flexibility index (Phi) is 10.6. The highest BCUT2D eigenvalue weighted by molar-refractivity contribution is 6.07. The van der Waals surface area contributed by atoms with Gasteiger partial charge in [-0.1, -0.05) is 54.6 Å². The van der Waals surface area contributed by atoms with E-state index in [2.05, 4.69) is 25.2 Å². The first-order chi connectivity index (χ1) is 26.7. The molecule has 0 radical (unpaired) electrons. The van der Waals surface area contributed by atoms with Crippen LogP contribution >= 0.6 is 0 Å². The Morgan fingerprint density at radius 1 is 0.727 bits per heavy atom. The van der Waals surface area contributed by atoms with Crippen molar-refractivity contribution in [1.82, 2.24) is 19.5 Å². The zero-order valence-electron chi connectivity index (χ0n) is 30.1. The van der Waals surface area contributed by atoms with Crippen molar-refractivity contribution in [3.8, 4) is 11.3 Å². The van der Waals surface area contributed by atoms with Crippen LogP contribution in [0.4, 0.5) is 22.7 Å². The van der Waals surface area contributed by atoms with Gasteiger partial charge >= 0.3 is 17.9 Å². The summed E-state index contributed by atoms with van der Waals surface area (Å²) in [4.78, 5) is 65.8. The Morgan fingerprint density at radius 3 is 1.96 bits per heavy atom. The standard InChI is InChI=1S/C41H36N6O8/c1-25(48)52-22-34-37(53-26(2)49)38(54-27(3)50)41(55-34)46-24-44-36-35(42-23-43-39(36)46)32-20-19-31(21-33(32)45-40(51)28-13-7-4-8-14-28)47(29-15-9-5-10-16-29)30-17-11-6-12-18-30/h4-21,23-24,34,37-38,41H,22H2,1-3H3,(H,45,51)/t34-,37+,38-,41?/m0/s1. The SMILES string of the molecule is CC(=O)OC[C@@H]1OC(n2cnc3c(-c4ccc(N(c5ccccc5)c5ccccc5)cc4NC(=O)c4ccccc4)ncnc32)[C@@H](OC(C)=O)[C@@H]1OC(C)=O. The summed E-state index contributed by atoms with van der Waals surface area (Å²) in [5.41, 5.74) is 5.04. The molecule has 4 aromatic carbocycles. The van der Waals surface area contributed by atoms with Crippen LogP contribution in [0.1, 0.15) is 37.4 Å². The van der Waals surface area contributed by atoms with E-state index in [1.165, 1.54) is 33.4 Å². The van der Waals surface area contributed by atoms with Crippen LogP contribution in [-0.2, 0) is 33.3 Å². The quantitative estimate of drug-likeness (QED) is 0.113. The molecule has 14 heteroatoms. The molecule has 1 saturated heterocycles. The number of amides is 1. The number of para-hydroxylation sites is 2. The summed E-state index contributed by atoms with van der Waals surface area (Å²) in [6, 6.07) is 34.2. The van der Waals surface area contributed by atoms with E-state index in [1.54, 1.807) is 28.8 Å². The van der Waals surface area contributed by atoms with E-state index >= 15 is 0 Å². The van der Waals surface area contributed by atoms with E-state index in [0.717, 1.165) is 17.1 Å². The highest BCUT2D eigenvalue weighted by Gasteiger charge is 2.51. The average Bonchev–Trinajstić information content (AvgIpc) is 3.76. The van der Waals surface area contributed by atoms with Gasteiger partial charge in [0, 0.05) is 49.0 Å². The largest absolute Gasteiger partial charge is 0.463 e. The molecular weight excluding hydrogens is 704 g/mol. The van der Waals surface area contributed by atoms with E-state index in [9.17, 15) is 19.2 Å². The van der Waals surface area contributed by atoms with Gasteiger partial charge in [0.05, 0.1) is 12.0 Å². The van der Waals surface area contributed by atoms with Crippen LogP contribution in [0.15, 0.2) is 122 Å². The number of ether oxygens (including phenoxy) is 4. The van der Waals surface area contributed by atoms with Crippen LogP contribution in [-0.4, -0.2) is 68.3 Å². The van der Waals surface area contributed by atoms with Gasteiger partial charge in [-0.2, -0.15) is 0 Å². The molecule has 4 atom stereocenters. The second-order valence-corrected chi connectivity index (χ2v) is 12.6. The van der Waals surface area contributed by atoms with Crippen molar-refractivity contribution in [2.24, 2.45) is 0 Å². The minimum atomic E-state index is -1.15. The molecule has 1 amide bonds. The molecule has 1 aliphatic rings. The van der Waals surface area contributed by atoms with Crippen LogP contribution in [0.25, 0.3) is 22.4 Å². The molecule has 55 heavy (non-hydrogen) atoms. The number of aromatic nitrogens is 4. The molecule has 2 aromatic heterocycles. The number of carbonyl (C=O) groups excluding carboxylic acids is 4. The number of anilines is 4. The van der Waals surface area contributed by atoms with Crippen LogP contribution in [0.5, 0.6) is 0 Å². The lowest BCUT2D eigenvalue weighted by Crippen LogP contribution is -2.40. The van der Waals surface area contributed by atoms with Crippen LogP contribution in [0.3, 0.4) is 0 Å². The Morgan fingerprint density at radius 2 is 1.35 bits per heavy atom. The van der Waals surface area contributed by atoms with E-state index in [4.69, 9.17) is 18.9 Å². The van der Waals surface area contributed by atoms with Crippen LogP contribution < -0.4 is 10.2 Å². The number of nitrogens with zero attached hydrogens (tertiary/aromatic N) is 5. The number of esters is 3. The highest BCUT2D eigenvalue weighted by atomic mass is 16.7. The van der Waals surface area contributed by atoms with Crippen molar-refractivity contribution >= 4 is 57.7 Å². The number of imidazole rings is 1. The zero-order valence-corrected chi connectivity index (χ0v) is 30.1. The number of benzene rings is 4. The molecule has 1 N–H and O–H groups in total. The predicted molar refractivity (Wildman–Crippen MR) is 201 cm³/mol. The van der Waals surface area contributed by atoms with E-state index in [1.807, 2.05) is 84.9 Å². The van der Waals surface area contributed by atoms with E-state index in [-0.39, 0.29) is 12.5 Å². The normalized spacial score (nSPS) is 17.7. The summed E-state index contributed by atoms with van der Waals surface area (Å²) < 4.78 is 24.2. The van der Waals surface area contributed by atoms with Crippen molar-refractivity contribution in [2.75, 3.05) is 16.8 Å². The van der Waals surface area contributed by atoms with Crippen molar-refractivity contribution in [3.63, 3.8) is 0 Å². The summed E-state index contributed by atoms with van der Waals surface area (Å²) in [5, 5.41) is 3.10. The van der Waals surface area contributed by atoms with Crippen LogP contribution in [0, 0.1) is 0 Å². The molecule has 0 spiro atoms. The molecule has 0 bridgehead atoms. The topological polar surface area (TPSA) is 164 Å². The fraction of sp³-hybridized carbons (Fsp3) is 0.195. The van der Waals surface area contributed by atoms with Crippen molar-refractivity contribution in [3.05, 3.63) is 127 Å². The average molecular weight is 741 g/mol. The van der Waals surface area contributed by atoms with E-state index < -0.39 is 42.4 Å². The highest BCUT2D eigenvalue weighted by Crippen LogP contribution is 2.41. The third kappa shape index (κ3) is 7.89. The maximum Gasteiger partial charge on any atom is 0.303 e. The summed E-state index contributed by atoms with van der Waals surface area (Å²) in [6.07, 6.45) is -1.54. The van der Waals surface area contributed by atoms with Crippen molar-refractivity contribution in [1.29, 1.82) is 0 Å². The molecular formula is C41H36N6O8. The third-order valence-corrected chi connectivity index (χ3v) is 8.80. The molecule has 1 aliphatic heterocycles. The van der Waals surface area contributed by atoms with Gasteiger partial charge in [0.15, 0.2) is 24.1 Å². The summed E-state index contributed by atoms with van der Waals surface area (Å²) in [5.74, 6) is -2.20. The van der Waals surface area contributed by atoms with Crippen molar-refractivity contribution in [2.45, 2.75) is 45.3 Å². The molecule has 3 heterocycles. The lowest BCUT2D eigenvalue weighted by molar-refractivity contribution is -0.166. The first-order valence-electron chi connectivity index (χ1n) is 17.4. The first kappa shape index (κ1) is 36.4. The molecule has 14 nitrogen and oxygen atoms in total. The maximum absolute atomic E-state index is 13.7. The second kappa shape index (κ2) is 16.0. The number of carbonyl (C=O) groups is 4. The van der Waals surface area contributed by atoms with Gasteiger partial charge in [-0.25, -0.2) is 15.0 Å². The van der Waals surface area contributed by atoms with Gasteiger partial charge in [0.2, 0.25) is 0 Å². The monoisotopic (exact) mass is 740 g/mol. The molecule has 0 aliphatic carbocycles. The molecule has 1 fully saturated rings. The van der Waals surface area contributed by atoms with Crippen molar-refractivity contribution < 1.29 is 38.1 Å². The Hall–Kier alpha value is -6.93. The minimum Gasteiger partial charge on any atom is -0.463 e. The number of hydrogen-bond acceptors (Lipinski definition) is 12. The zero-order chi connectivity index (χ0) is 38.5. The third-order valence-electron chi connectivity index (χ3n) is 8.80. The van der Waals surface area contributed by atoms with Gasteiger partial charge in [-0.05, 0) is 54.6 Å². The molecule has 278 valence electrons. The molecule has 7 rings (SSSR count). The van der Waals surface area contributed by atoms with Crippen LogP contribution in [0.2, 0.25) is 0 Å². The Balaban J connectivity index is 1.34. The first-order valence-corrected chi connectivity index (χ1v) is 17.4. The summed E-state index contributed by atoms with van der Waals surface area (Å²) in [7, 11) is 0. The fourth-order valence-electron chi connectivity index (χ4n) is 6.52. The number of rotatable bonds is 11. The molecule has 6 aromatic rings. The maximum atomic E-state index is 13.7. The lowest BCUT2D eigenvalue weighted by Gasteiger charge is -2.26.